The van der Waals surface area contributed by atoms with Crippen molar-refractivity contribution in [2.75, 3.05) is 0 Å². The van der Waals surface area contributed by atoms with Crippen LogP contribution in [-0.4, -0.2) is 18.3 Å². The molecule has 0 amide bonds. The lowest BCUT2D eigenvalue weighted by Crippen LogP contribution is -1.99. The number of rotatable bonds is 5. The van der Waals surface area contributed by atoms with E-state index in [1.54, 1.807) is 34.9 Å². The SMILES string of the molecule is CCCCn1c2ccccc2c2cc(S(=O)[O-])c(-c3ccccn3)cc21.c1ccc2sccc2c1.c1ccc2sccc2c1. The number of aromatic nitrogens is 2. The Bertz CT molecular complexity index is 2040. The molecule has 8 rings (SSSR count). The van der Waals surface area contributed by atoms with Gasteiger partial charge in [0.15, 0.2) is 0 Å². The van der Waals surface area contributed by atoms with Gasteiger partial charge in [0.1, 0.15) is 0 Å². The number of aryl methyl sites for hydroxylation is 1. The molecule has 0 saturated heterocycles. The third kappa shape index (κ3) is 6.51. The van der Waals surface area contributed by atoms with E-state index < -0.39 is 11.1 Å². The first-order valence-corrected chi connectivity index (χ1v) is 17.4. The largest absolute Gasteiger partial charge is 0.768 e. The van der Waals surface area contributed by atoms with Crippen molar-refractivity contribution in [3.8, 4) is 11.3 Å². The number of benzene rings is 4. The van der Waals surface area contributed by atoms with Crippen molar-refractivity contribution in [3.63, 3.8) is 0 Å². The van der Waals surface area contributed by atoms with Crippen molar-refractivity contribution in [1.82, 2.24) is 9.55 Å². The van der Waals surface area contributed by atoms with E-state index in [2.05, 4.69) is 100 Å². The van der Waals surface area contributed by atoms with E-state index in [1.807, 2.05) is 36.4 Å². The summed E-state index contributed by atoms with van der Waals surface area (Å²) in [6, 6.07) is 38.5. The van der Waals surface area contributed by atoms with Crippen LogP contribution in [0.25, 0.3) is 53.2 Å². The van der Waals surface area contributed by atoms with E-state index >= 15 is 0 Å². The molecule has 4 heterocycles. The number of thiophene rings is 2. The van der Waals surface area contributed by atoms with Gasteiger partial charge in [0.05, 0.1) is 5.69 Å². The fourth-order valence-electron chi connectivity index (χ4n) is 5.30. The monoisotopic (exact) mass is 631 g/mol. The molecule has 8 aromatic rings. The molecule has 4 aromatic heterocycles. The first-order chi connectivity index (χ1) is 21.6. The summed E-state index contributed by atoms with van der Waals surface area (Å²) in [5.41, 5.74) is 3.50. The highest BCUT2D eigenvalue weighted by molar-refractivity contribution is 7.79. The van der Waals surface area contributed by atoms with Crippen molar-refractivity contribution in [1.29, 1.82) is 0 Å². The maximum absolute atomic E-state index is 11.9. The van der Waals surface area contributed by atoms with Gasteiger partial charge in [-0.15, -0.1) is 22.7 Å². The average molecular weight is 632 g/mol. The standard InChI is InChI=1S/C21H20N2O2S.2C8H6S/c1-2-3-12-23-19-10-5-4-8-15(19)16-14-21(26(24)25)17(13-20(16)23)18-9-6-7-11-22-18;2*1-2-4-8-7(3-1)5-6-9-8/h4-11,13-14H,2-3,12H2,1H3,(H,24,25);2*1-6H/p-1. The van der Waals surface area contributed by atoms with Gasteiger partial charge in [0, 0.05) is 54.4 Å². The summed E-state index contributed by atoms with van der Waals surface area (Å²) in [5.74, 6) is 0. The van der Waals surface area contributed by atoms with Gasteiger partial charge in [-0.1, -0.05) is 74.0 Å². The lowest BCUT2D eigenvalue weighted by Gasteiger charge is -2.13. The molecule has 1 unspecified atom stereocenters. The van der Waals surface area contributed by atoms with Gasteiger partial charge in [0.2, 0.25) is 0 Å². The molecule has 0 fully saturated rings. The smallest absolute Gasteiger partial charge is 0.0714 e. The molecule has 44 heavy (non-hydrogen) atoms. The fourth-order valence-corrected chi connectivity index (χ4v) is 7.44. The van der Waals surface area contributed by atoms with Crippen LogP contribution in [0.3, 0.4) is 0 Å². The number of hydrogen-bond acceptors (Lipinski definition) is 5. The molecular weight excluding hydrogens is 601 g/mol. The molecule has 7 heteroatoms. The fraction of sp³-hybridized carbons (Fsp3) is 0.108. The van der Waals surface area contributed by atoms with Crippen LogP contribution in [-0.2, 0) is 17.6 Å². The summed E-state index contributed by atoms with van der Waals surface area (Å²) < 4.78 is 28.9. The van der Waals surface area contributed by atoms with Crippen LogP contribution in [0, 0.1) is 0 Å². The van der Waals surface area contributed by atoms with Crippen molar-refractivity contribution in [3.05, 3.63) is 132 Å². The zero-order valence-corrected chi connectivity index (χ0v) is 26.7. The number of fused-ring (bicyclic) bond motifs is 5. The summed E-state index contributed by atoms with van der Waals surface area (Å²) in [7, 11) is 0. The molecule has 0 aliphatic heterocycles. The van der Waals surface area contributed by atoms with E-state index in [0.29, 0.717) is 11.3 Å². The Labute approximate surface area is 267 Å². The zero-order chi connectivity index (χ0) is 30.3. The summed E-state index contributed by atoms with van der Waals surface area (Å²) in [5, 5.41) is 8.98. The lowest BCUT2D eigenvalue weighted by molar-refractivity contribution is 0.537. The Hall–Kier alpha value is -4.14. The topological polar surface area (TPSA) is 58.0 Å². The molecule has 4 nitrogen and oxygen atoms in total. The number of hydrogen-bond donors (Lipinski definition) is 0. The highest BCUT2D eigenvalue weighted by Crippen LogP contribution is 2.35. The van der Waals surface area contributed by atoms with Crippen LogP contribution in [0.1, 0.15) is 19.8 Å². The van der Waals surface area contributed by atoms with Crippen LogP contribution < -0.4 is 0 Å². The minimum atomic E-state index is -2.34. The van der Waals surface area contributed by atoms with Gasteiger partial charge in [-0.25, -0.2) is 0 Å². The van der Waals surface area contributed by atoms with Gasteiger partial charge in [-0.3, -0.25) is 9.19 Å². The van der Waals surface area contributed by atoms with E-state index in [4.69, 9.17) is 0 Å². The van der Waals surface area contributed by atoms with Gasteiger partial charge >= 0.3 is 0 Å². The second-order valence-corrected chi connectivity index (χ2v) is 13.1. The third-order valence-corrected chi connectivity index (χ3v) is 9.95. The first kappa shape index (κ1) is 29.9. The predicted octanol–water partition coefficient (Wildman–Crippen LogP) is 10.7. The van der Waals surface area contributed by atoms with Crippen LogP contribution in [0.2, 0.25) is 0 Å². The van der Waals surface area contributed by atoms with Crippen LogP contribution in [0.5, 0.6) is 0 Å². The Morgan fingerprint density at radius 3 is 1.98 bits per heavy atom. The number of unbranched alkanes of at least 4 members (excludes halogenated alkanes) is 1. The Morgan fingerprint density at radius 1 is 0.727 bits per heavy atom. The van der Waals surface area contributed by atoms with Crippen LogP contribution in [0.15, 0.2) is 137 Å². The van der Waals surface area contributed by atoms with Gasteiger partial charge in [-0.05, 0) is 93.6 Å². The molecule has 0 spiro atoms. The Balaban J connectivity index is 0.000000153. The van der Waals surface area contributed by atoms with Crippen molar-refractivity contribution >= 4 is 75.7 Å². The average Bonchev–Trinajstić information content (AvgIpc) is 3.82. The minimum absolute atomic E-state index is 0.287. The normalized spacial score (nSPS) is 11.7. The minimum Gasteiger partial charge on any atom is -0.768 e. The molecule has 0 bridgehead atoms. The summed E-state index contributed by atoms with van der Waals surface area (Å²) in [4.78, 5) is 4.65. The van der Waals surface area contributed by atoms with E-state index in [0.717, 1.165) is 41.2 Å². The van der Waals surface area contributed by atoms with Gasteiger partial charge < -0.3 is 9.12 Å². The summed E-state index contributed by atoms with van der Waals surface area (Å²) in [6.45, 7) is 3.08. The predicted molar refractivity (Wildman–Crippen MR) is 188 cm³/mol. The number of pyridine rings is 1. The molecular formula is C37H31N2O2S3-. The molecule has 1 atom stereocenters. The van der Waals surface area contributed by atoms with Crippen molar-refractivity contribution < 1.29 is 8.76 Å². The second-order valence-electron chi connectivity index (χ2n) is 10.3. The maximum Gasteiger partial charge on any atom is 0.0714 e. The maximum atomic E-state index is 11.9. The molecule has 0 saturated carbocycles. The first-order valence-electron chi connectivity index (χ1n) is 14.5. The van der Waals surface area contributed by atoms with Crippen LogP contribution in [0.4, 0.5) is 0 Å². The summed E-state index contributed by atoms with van der Waals surface area (Å²) >= 11 is 1.24. The number of para-hydroxylation sites is 1. The molecule has 220 valence electrons. The van der Waals surface area contributed by atoms with Crippen molar-refractivity contribution in [2.24, 2.45) is 0 Å². The number of nitrogens with zero attached hydrogens (tertiary/aromatic N) is 2. The highest BCUT2D eigenvalue weighted by atomic mass is 32.2. The molecule has 0 radical (unpaired) electrons. The van der Waals surface area contributed by atoms with E-state index in [9.17, 15) is 8.76 Å². The second kappa shape index (κ2) is 14.1. The van der Waals surface area contributed by atoms with Crippen LogP contribution >= 0.6 is 22.7 Å². The van der Waals surface area contributed by atoms with Gasteiger partial charge in [-0.2, -0.15) is 0 Å². The molecule has 0 aliphatic rings. The highest BCUT2D eigenvalue weighted by Gasteiger charge is 2.16. The molecule has 0 aliphatic carbocycles. The Kier molecular flexibility index (Phi) is 9.58. The Morgan fingerprint density at radius 2 is 1.36 bits per heavy atom. The zero-order valence-electron chi connectivity index (χ0n) is 24.3. The quantitative estimate of drug-likeness (QED) is 0.178. The van der Waals surface area contributed by atoms with Crippen molar-refractivity contribution in [2.45, 2.75) is 31.2 Å². The molecule has 4 aromatic carbocycles. The van der Waals surface area contributed by atoms with E-state index in [-0.39, 0.29) is 4.90 Å². The third-order valence-electron chi connectivity index (χ3n) is 7.45. The summed E-state index contributed by atoms with van der Waals surface area (Å²) in [6.07, 6.45) is 3.86. The van der Waals surface area contributed by atoms with E-state index in [1.165, 1.54) is 20.2 Å². The van der Waals surface area contributed by atoms with Gasteiger partial charge in [0.25, 0.3) is 0 Å². The molecule has 0 N–H and O–H groups in total. The lowest BCUT2D eigenvalue weighted by atomic mass is 10.1.